The molecule has 1 aliphatic carbocycles. The SMILES string of the molecule is CCN(C(C)=O)[C@H]1CSC(c2cc3cccc(NC4CCCC4)c3[nH]2)=N1. The van der Waals surface area contributed by atoms with E-state index in [4.69, 9.17) is 4.99 Å². The van der Waals surface area contributed by atoms with Crippen LogP contribution in [-0.2, 0) is 4.79 Å². The number of H-pyrrole nitrogens is 1. The summed E-state index contributed by atoms with van der Waals surface area (Å²) in [6.07, 6.45) is 5.10. The smallest absolute Gasteiger partial charge is 0.221 e. The van der Waals surface area contributed by atoms with Crippen LogP contribution in [0.4, 0.5) is 5.69 Å². The van der Waals surface area contributed by atoms with Crippen LogP contribution in [0.15, 0.2) is 29.3 Å². The van der Waals surface area contributed by atoms with Crippen LogP contribution in [0.2, 0.25) is 0 Å². The largest absolute Gasteiger partial charge is 0.381 e. The maximum Gasteiger partial charge on any atom is 0.221 e. The number of amides is 1. The van der Waals surface area contributed by atoms with Gasteiger partial charge in [-0.15, -0.1) is 11.8 Å². The molecular formula is C20H26N4OS. The van der Waals surface area contributed by atoms with Gasteiger partial charge in [-0.05, 0) is 31.9 Å². The van der Waals surface area contributed by atoms with Crippen LogP contribution in [-0.4, -0.2) is 45.3 Å². The predicted molar refractivity (Wildman–Crippen MR) is 110 cm³/mol. The van der Waals surface area contributed by atoms with E-state index in [1.54, 1.807) is 18.7 Å². The molecule has 4 rings (SSSR count). The van der Waals surface area contributed by atoms with Gasteiger partial charge in [0.1, 0.15) is 11.2 Å². The fourth-order valence-corrected chi connectivity index (χ4v) is 5.02. The summed E-state index contributed by atoms with van der Waals surface area (Å²) in [7, 11) is 0. The summed E-state index contributed by atoms with van der Waals surface area (Å²) in [5.74, 6) is 0.911. The molecule has 0 unspecified atom stereocenters. The average molecular weight is 371 g/mol. The first kappa shape index (κ1) is 17.5. The van der Waals surface area contributed by atoms with Gasteiger partial charge in [-0.2, -0.15) is 0 Å². The molecule has 1 saturated carbocycles. The predicted octanol–water partition coefficient (Wildman–Crippen LogP) is 4.21. The second kappa shape index (κ2) is 7.35. The molecule has 2 heterocycles. The highest BCUT2D eigenvalue weighted by molar-refractivity contribution is 8.14. The number of nitrogens with zero attached hydrogens (tertiary/aromatic N) is 2. The number of hydrogen-bond acceptors (Lipinski definition) is 4. The van der Waals surface area contributed by atoms with E-state index in [1.807, 2.05) is 11.8 Å². The van der Waals surface area contributed by atoms with E-state index in [9.17, 15) is 4.79 Å². The van der Waals surface area contributed by atoms with Gasteiger partial charge >= 0.3 is 0 Å². The number of aromatic nitrogens is 1. The number of aromatic amines is 1. The Morgan fingerprint density at radius 2 is 2.19 bits per heavy atom. The number of aliphatic imine (C=N–C) groups is 1. The minimum absolute atomic E-state index is 0.0556. The van der Waals surface area contributed by atoms with Crippen molar-refractivity contribution < 1.29 is 4.79 Å². The molecule has 0 radical (unpaired) electrons. The van der Waals surface area contributed by atoms with Gasteiger partial charge in [0.15, 0.2) is 0 Å². The molecule has 0 spiro atoms. The lowest BCUT2D eigenvalue weighted by atomic mass is 10.2. The highest BCUT2D eigenvalue weighted by atomic mass is 32.2. The Kier molecular flexibility index (Phi) is 4.94. The van der Waals surface area contributed by atoms with Gasteiger partial charge in [0.2, 0.25) is 5.91 Å². The summed E-state index contributed by atoms with van der Waals surface area (Å²) < 4.78 is 0. The van der Waals surface area contributed by atoms with Crippen molar-refractivity contribution in [2.75, 3.05) is 17.6 Å². The monoisotopic (exact) mass is 370 g/mol. The molecule has 1 atom stereocenters. The number of thioether (sulfide) groups is 1. The van der Waals surface area contributed by atoms with E-state index in [1.165, 1.54) is 36.8 Å². The molecule has 2 aliphatic rings. The molecule has 2 aromatic rings. The van der Waals surface area contributed by atoms with Crippen molar-refractivity contribution in [3.8, 4) is 0 Å². The molecule has 0 saturated heterocycles. The first-order chi connectivity index (χ1) is 12.7. The normalized spacial score (nSPS) is 20.5. The molecule has 1 aliphatic heterocycles. The molecule has 1 amide bonds. The summed E-state index contributed by atoms with van der Waals surface area (Å²) in [6.45, 7) is 4.31. The van der Waals surface area contributed by atoms with Gasteiger partial charge in [-0.25, -0.2) is 0 Å². The number of nitrogens with one attached hydrogen (secondary N) is 2. The molecule has 26 heavy (non-hydrogen) atoms. The number of fused-ring (bicyclic) bond motifs is 1. The van der Waals surface area contributed by atoms with Crippen molar-refractivity contribution in [3.05, 3.63) is 30.0 Å². The molecule has 1 fully saturated rings. The van der Waals surface area contributed by atoms with Gasteiger partial charge in [0.25, 0.3) is 0 Å². The van der Waals surface area contributed by atoms with Gasteiger partial charge < -0.3 is 15.2 Å². The second-order valence-corrected chi connectivity index (χ2v) is 8.12. The Morgan fingerprint density at radius 1 is 1.38 bits per heavy atom. The Morgan fingerprint density at radius 3 is 2.92 bits per heavy atom. The molecule has 1 aromatic carbocycles. The Labute approximate surface area is 158 Å². The van der Waals surface area contributed by atoms with Crippen LogP contribution in [0, 0.1) is 0 Å². The first-order valence-corrected chi connectivity index (χ1v) is 10.5. The van der Waals surface area contributed by atoms with E-state index in [2.05, 4.69) is 34.6 Å². The second-order valence-electron chi connectivity index (χ2n) is 7.11. The van der Waals surface area contributed by atoms with Crippen molar-refractivity contribution >= 4 is 39.3 Å². The molecular weight excluding hydrogens is 344 g/mol. The summed E-state index contributed by atoms with van der Waals surface area (Å²) in [5, 5.41) is 5.91. The third-order valence-corrected chi connectivity index (χ3v) is 6.41. The third-order valence-electron chi connectivity index (χ3n) is 5.34. The van der Waals surface area contributed by atoms with Crippen LogP contribution in [0.3, 0.4) is 0 Å². The van der Waals surface area contributed by atoms with Crippen LogP contribution >= 0.6 is 11.8 Å². The highest BCUT2D eigenvalue weighted by Crippen LogP contribution is 2.31. The standard InChI is InChI=1S/C20H26N4OS/c1-3-24(13(2)25)18-12-26-20(23-18)17-11-14-7-6-10-16(19(14)22-17)21-15-8-4-5-9-15/h6-7,10-11,15,18,21-22H,3-5,8-9,12H2,1-2H3/t18-/m0/s1. The molecule has 5 nitrogen and oxygen atoms in total. The van der Waals surface area contributed by atoms with E-state index in [0.29, 0.717) is 12.6 Å². The number of hydrogen-bond donors (Lipinski definition) is 2. The van der Waals surface area contributed by atoms with Crippen molar-refractivity contribution in [1.29, 1.82) is 0 Å². The van der Waals surface area contributed by atoms with Gasteiger partial charge in [-0.3, -0.25) is 9.79 Å². The summed E-state index contributed by atoms with van der Waals surface area (Å²) in [5.41, 5.74) is 3.38. The quantitative estimate of drug-likeness (QED) is 0.829. The van der Waals surface area contributed by atoms with Crippen LogP contribution in [0.5, 0.6) is 0 Å². The minimum atomic E-state index is -0.0556. The van der Waals surface area contributed by atoms with Crippen LogP contribution in [0.25, 0.3) is 10.9 Å². The van der Waals surface area contributed by atoms with Crippen molar-refractivity contribution in [2.24, 2.45) is 4.99 Å². The first-order valence-electron chi connectivity index (χ1n) is 9.52. The average Bonchev–Trinajstić information content (AvgIpc) is 3.35. The zero-order valence-corrected chi connectivity index (χ0v) is 16.2. The molecule has 2 N–H and O–H groups in total. The topological polar surface area (TPSA) is 60.5 Å². The lowest BCUT2D eigenvalue weighted by Crippen LogP contribution is -2.37. The fraction of sp³-hybridized carbons (Fsp3) is 0.500. The summed E-state index contributed by atoms with van der Waals surface area (Å²) >= 11 is 1.72. The lowest BCUT2D eigenvalue weighted by molar-refractivity contribution is -0.130. The Hall–Kier alpha value is -1.95. The highest BCUT2D eigenvalue weighted by Gasteiger charge is 2.27. The summed E-state index contributed by atoms with van der Waals surface area (Å²) in [6, 6.07) is 9.16. The van der Waals surface area contributed by atoms with Gasteiger partial charge in [0.05, 0.1) is 16.9 Å². The number of carbonyl (C=O) groups excluding carboxylic acids is 1. The van der Waals surface area contributed by atoms with E-state index >= 15 is 0 Å². The van der Waals surface area contributed by atoms with Crippen molar-refractivity contribution in [3.63, 3.8) is 0 Å². The fourth-order valence-electron chi connectivity index (χ4n) is 4.00. The number of anilines is 1. The van der Waals surface area contributed by atoms with Crippen LogP contribution < -0.4 is 5.32 Å². The lowest BCUT2D eigenvalue weighted by Gasteiger charge is -2.23. The number of benzene rings is 1. The maximum atomic E-state index is 11.8. The molecule has 0 bridgehead atoms. The van der Waals surface area contributed by atoms with E-state index < -0.39 is 0 Å². The van der Waals surface area contributed by atoms with E-state index in [-0.39, 0.29) is 12.1 Å². The van der Waals surface area contributed by atoms with E-state index in [0.717, 1.165) is 22.0 Å². The molecule has 138 valence electrons. The Balaban J connectivity index is 1.60. The zero-order chi connectivity index (χ0) is 18.1. The van der Waals surface area contributed by atoms with Gasteiger partial charge in [0, 0.05) is 30.6 Å². The zero-order valence-electron chi connectivity index (χ0n) is 15.4. The third kappa shape index (κ3) is 3.34. The molecule has 1 aromatic heterocycles. The van der Waals surface area contributed by atoms with Crippen molar-refractivity contribution in [1.82, 2.24) is 9.88 Å². The number of carbonyl (C=O) groups is 1. The maximum absolute atomic E-state index is 11.8. The number of para-hydroxylation sites is 1. The number of rotatable bonds is 5. The molecule has 6 heteroatoms. The summed E-state index contributed by atoms with van der Waals surface area (Å²) in [4.78, 5) is 22.0. The Bertz CT molecular complexity index is 837. The minimum Gasteiger partial charge on any atom is -0.381 e. The van der Waals surface area contributed by atoms with Crippen molar-refractivity contribution in [2.45, 2.75) is 51.7 Å². The van der Waals surface area contributed by atoms with Gasteiger partial charge in [-0.1, -0.05) is 25.0 Å². The van der Waals surface area contributed by atoms with Crippen LogP contribution in [0.1, 0.15) is 45.2 Å².